The molecule has 0 saturated carbocycles. The van der Waals surface area contributed by atoms with Crippen molar-refractivity contribution in [1.29, 1.82) is 0 Å². The summed E-state index contributed by atoms with van der Waals surface area (Å²) < 4.78 is 3.16. The zero-order chi connectivity index (χ0) is 18.6. The standard InChI is InChI=1S/2C13H11.2ClH.Zr/c2*1-2-11-8-9-13(10-11)12-6-4-3-5-7-12;;;/h2*2-9H,1H3;2*1H;/q;;;;+2/p-2. The summed E-state index contributed by atoms with van der Waals surface area (Å²) in [5, 5.41) is 0. The van der Waals surface area contributed by atoms with Gasteiger partial charge in [-0.1, -0.05) is 0 Å². The number of hydrogen-bond donors (Lipinski definition) is 0. The van der Waals surface area contributed by atoms with E-state index in [9.17, 15) is 0 Å². The van der Waals surface area contributed by atoms with Gasteiger partial charge in [-0.05, 0) is 0 Å². The van der Waals surface area contributed by atoms with Crippen LogP contribution in [-0.4, -0.2) is 0 Å². The van der Waals surface area contributed by atoms with Gasteiger partial charge in [0.1, 0.15) is 0 Å². The molecule has 2 aliphatic carbocycles. The van der Waals surface area contributed by atoms with Gasteiger partial charge in [-0.2, -0.15) is 0 Å². The van der Waals surface area contributed by atoms with Crippen molar-refractivity contribution in [3.05, 3.63) is 126 Å². The van der Waals surface area contributed by atoms with Crippen molar-refractivity contribution in [3.8, 4) is 0 Å². The van der Waals surface area contributed by atoms with Crippen molar-refractivity contribution in [1.82, 2.24) is 0 Å². The molecular formula is C26H22Cl2Zr. The van der Waals surface area contributed by atoms with Gasteiger partial charge in [0, 0.05) is 0 Å². The molecular weight excluding hydrogens is 474 g/mol. The molecule has 0 fully saturated rings. The molecule has 0 aromatic heterocycles. The van der Waals surface area contributed by atoms with E-state index in [1.807, 2.05) is 0 Å². The van der Waals surface area contributed by atoms with Crippen LogP contribution in [0.5, 0.6) is 0 Å². The molecule has 144 valence electrons. The Labute approximate surface area is 197 Å². The largest absolute Gasteiger partial charge is 1.00 e. The molecule has 0 heterocycles. The molecule has 0 unspecified atom stereocenters. The van der Waals surface area contributed by atoms with Crippen LogP contribution in [0, 0.1) is 0 Å². The molecule has 3 heteroatoms. The number of rotatable bonds is 4. The van der Waals surface area contributed by atoms with E-state index in [0.29, 0.717) is 0 Å². The van der Waals surface area contributed by atoms with Crippen LogP contribution in [0.1, 0.15) is 25.0 Å². The van der Waals surface area contributed by atoms with Crippen molar-refractivity contribution in [2.45, 2.75) is 13.8 Å². The van der Waals surface area contributed by atoms with Crippen LogP contribution in [0.4, 0.5) is 0 Å². The van der Waals surface area contributed by atoms with E-state index in [4.69, 9.17) is 0 Å². The minimum Gasteiger partial charge on any atom is -1.00 e. The second-order valence-corrected chi connectivity index (χ2v) is 9.66. The topological polar surface area (TPSA) is 0 Å². The summed E-state index contributed by atoms with van der Waals surface area (Å²) in [6.07, 6.45) is 13.7. The number of hydrogen-bond acceptors (Lipinski definition) is 0. The summed E-state index contributed by atoms with van der Waals surface area (Å²) in [5.74, 6) is 0. The van der Waals surface area contributed by atoms with Gasteiger partial charge in [0.15, 0.2) is 0 Å². The SMILES string of the molecule is CC=C1C=CC(c2ccccc2)=[C]1[Zr+2][C]1=C(c2ccccc2)C=CC1=CC.[Cl-].[Cl-]. The fourth-order valence-corrected chi connectivity index (χ4v) is 7.82. The third-order valence-electron chi connectivity index (χ3n) is 5.02. The molecule has 2 aromatic carbocycles. The van der Waals surface area contributed by atoms with Crippen LogP contribution >= 0.6 is 0 Å². The van der Waals surface area contributed by atoms with E-state index in [0.717, 1.165) is 0 Å². The summed E-state index contributed by atoms with van der Waals surface area (Å²) in [6.45, 7) is 4.31. The first kappa shape index (κ1) is 23.6. The first-order valence-electron chi connectivity index (χ1n) is 9.37. The molecule has 0 aliphatic heterocycles. The van der Waals surface area contributed by atoms with Gasteiger partial charge in [-0.3, -0.25) is 0 Å². The quantitative estimate of drug-likeness (QED) is 0.591. The van der Waals surface area contributed by atoms with Gasteiger partial charge in [0.05, 0.1) is 0 Å². The van der Waals surface area contributed by atoms with Crippen molar-refractivity contribution in [2.75, 3.05) is 0 Å². The average Bonchev–Trinajstić information content (AvgIpc) is 3.33. The fourth-order valence-electron chi connectivity index (χ4n) is 3.59. The molecule has 0 atom stereocenters. The predicted molar refractivity (Wildman–Crippen MR) is 113 cm³/mol. The molecule has 29 heavy (non-hydrogen) atoms. The zero-order valence-corrected chi connectivity index (χ0v) is 20.5. The Morgan fingerprint density at radius 1 is 0.552 bits per heavy atom. The van der Waals surface area contributed by atoms with Gasteiger partial charge in [0.25, 0.3) is 0 Å². The molecule has 0 saturated heterocycles. The Hall–Kier alpha value is -1.66. The predicted octanol–water partition coefficient (Wildman–Crippen LogP) is 0.932. The van der Waals surface area contributed by atoms with Crippen molar-refractivity contribution < 1.29 is 48.0 Å². The molecule has 2 aliphatic rings. The summed E-state index contributed by atoms with van der Waals surface area (Å²) >= 11 is -0.990. The maximum absolute atomic E-state index is 2.31. The Balaban J connectivity index is 0.00000150. The number of allylic oxidation sites excluding steroid dienone is 12. The van der Waals surface area contributed by atoms with Gasteiger partial charge in [0.2, 0.25) is 0 Å². The van der Waals surface area contributed by atoms with Crippen LogP contribution in [0.25, 0.3) is 11.1 Å². The van der Waals surface area contributed by atoms with E-state index < -0.39 is 23.2 Å². The minimum absolute atomic E-state index is 0. The van der Waals surface area contributed by atoms with Crippen LogP contribution in [0.2, 0.25) is 0 Å². The third kappa shape index (κ3) is 4.92. The van der Waals surface area contributed by atoms with Crippen LogP contribution in [0.15, 0.2) is 115 Å². The fraction of sp³-hybridized carbons (Fsp3) is 0.0769. The van der Waals surface area contributed by atoms with E-state index in [1.165, 1.54) is 33.4 Å². The number of halogens is 2. The molecule has 0 N–H and O–H groups in total. The molecule has 0 amide bonds. The normalized spacial score (nSPS) is 17.6. The second kappa shape index (κ2) is 10.9. The van der Waals surface area contributed by atoms with Gasteiger partial charge in [-0.15, -0.1) is 0 Å². The van der Waals surface area contributed by atoms with Gasteiger partial charge in [-0.25, -0.2) is 0 Å². The third-order valence-corrected chi connectivity index (χ3v) is 8.99. The Bertz CT molecular complexity index is 951. The van der Waals surface area contributed by atoms with Crippen LogP contribution < -0.4 is 24.8 Å². The summed E-state index contributed by atoms with van der Waals surface area (Å²) in [5.41, 5.74) is 8.30. The van der Waals surface area contributed by atoms with Crippen LogP contribution in [0.3, 0.4) is 0 Å². The first-order valence-corrected chi connectivity index (χ1v) is 11.8. The monoisotopic (exact) mass is 494 g/mol. The van der Waals surface area contributed by atoms with Gasteiger partial charge >= 0.3 is 174 Å². The van der Waals surface area contributed by atoms with Crippen molar-refractivity contribution in [3.63, 3.8) is 0 Å². The molecule has 4 rings (SSSR count). The molecule has 2 aromatic rings. The van der Waals surface area contributed by atoms with Crippen molar-refractivity contribution >= 4 is 11.1 Å². The molecule has 0 bridgehead atoms. The number of benzene rings is 2. The van der Waals surface area contributed by atoms with Gasteiger partial charge < -0.3 is 24.8 Å². The molecule has 0 spiro atoms. The Morgan fingerprint density at radius 2 is 0.931 bits per heavy atom. The smallest absolute Gasteiger partial charge is 1.00 e. The second-order valence-electron chi connectivity index (χ2n) is 6.59. The zero-order valence-electron chi connectivity index (χ0n) is 16.5. The maximum Gasteiger partial charge on any atom is -1.00 e. The summed E-state index contributed by atoms with van der Waals surface area (Å²) in [6, 6.07) is 21.6. The Morgan fingerprint density at radius 3 is 1.28 bits per heavy atom. The molecule has 0 radical (unpaired) electrons. The van der Waals surface area contributed by atoms with Crippen molar-refractivity contribution in [2.24, 2.45) is 0 Å². The van der Waals surface area contributed by atoms with E-state index in [-0.39, 0.29) is 24.8 Å². The Kier molecular flexibility index (Phi) is 8.90. The van der Waals surface area contributed by atoms with E-state index >= 15 is 0 Å². The average molecular weight is 497 g/mol. The summed E-state index contributed by atoms with van der Waals surface area (Å²) in [7, 11) is 0. The maximum atomic E-state index is 2.31. The molecule has 0 nitrogen and oxygen atoms in total. The summed E-state index contributed by atoms with van der Waals surface area (Å²) in [4.78, 5) is 0. The van der Waals surface area contributed by atoms with E-state index in [2.05, 4.69) is 111 Å². The van der Waals surface area contributed by atoms with Crippen LogP contribution in [-0.2, 0) is 23.2 Å². The first-order chi connectivity index (χ1) is 13.3. The van der Waals surface area contributed by atoms with E-state index in [1.54, 1.807) is 6.56 Å². The minimum atomic E-state index is -0.990.